The van der Waals surface area contributed by atoms with E-state index in [0.717, 1.165) is 10.9 Å². The number of amides is 1. The summed E-state index contributed by atoms with van der Waals surface area (Å²) < 4.78 is 18.6. The second kappa shape index (κ2) is 8.71. The third-order valence-electron chi connectivity index (χ3n) is 5.65. The normalized spacial score (nSPS) is 17.4. The van der Waals surface area contributed by atoms with E-state index in [4.69, 9.17) is 4.74 Å². The first-order valence-electron chi connectivity index (χ1n) is 10.3. The molecular formula is C24H23FN2O4. The molecule has 0 saturated carbocycles. The molecule has 0 aliphatic carbocycles. The van der Waals surface area contributed by atoms with Crippen molar-refractivity contribution in [2.45, 2.75) is 25.9 Å². The van der Waals surface area contributed by atoms with Gasteiger partial charge < -0.3 is 14.6 Å². The lowest BCUT2D eigenvalue weighted by atomic mass is 9.97. The number of Topliss-reactive ketones (excluding diaryl/α,β-unsaturated/α-hetero) is 1. The molecule has 2 atom stereocenters. The second-order valence-electron chi connectivity index (χ2n) is 7.79. The van der Waals surface area contributed by atoms with Crippen molar-refractivity contribution in [2.75, 3.05) is 13.1 Å². The maximum absolute atomic E-state index is 13.1. The van der Waals surface area contributed by atoms with Gasteiger partial charge in [0.2, 0.25) is 5.78 Å². The van der Waals surface area contributed by atoms with Gasteiger partial charge in [0.25, 0.3) is 5.91 Å². The highest BCUT2D eigenvalue weighted by Crippen LogP contribution is 2.23. The molecule has 1 aromatic heterocycles. The number of fused-ring (bicyclic) bond motifs is 1. The van der Waals surface area contributed by atoms with Crippen molar-refractivity contribution in [3.63, 3.8) is 0 Å². The summed E-state index contributed by atoms with van der Waals surface area (Å²) in [6, 6.07) is 12.8. The number of carbonyl (C=O) groups excluding carboxylic acids is 3. The van der Waals surface area contributed by atoms with E-state index in [1.165, 1.54) is 24.3 Å². The minimum atomic E-state index is -0.935. The number of H-pyrrole nitrogens is 1. The second-order valence-corrected chi connectivity index (χ2v) is 7.79. The summed E-state index contributed by atoms with van der Waals surface area (Å²) in [5.74, 6) is -1.93. The number of esters is 1. The van der Waals surface area contributed by atoms with Crippen LogP contribution in [0.3, 0.4) is 0 Å². The predicted octanol–water partition coefficient (Wildman–Crippen LogP) is 3.97. The standard InChI is InChI=1S/C24H23FN2O4/c1-15(22(28)20-13-26-21-7-3-2-6-19(20)21)31-24(30)17-5-4-12-27(14-17)23(29)16-8-10-18(25)11-9-16/h2-3,6-11,13,15,17,26H,4-5,12,14H2,1H3. The van der Waals surface area contributed by atoms with E-state index in [0.29, 0.717) is 30.5 Å². The number of para-hydroxylation sites is 1. The van der Waals surface area contributed by atoms with Crippen molar-refractivity contribution in [3.8, 4) is 0 Å². The lowest BCUT2D eigenvalue weighted by Crippen LogP contribution is -2.43. The molecule has 1 fully saturated rings. The average molecular weight is 422 g/mol. The molecule has 160 valence electrons. The highest BCUT2D eigenvalue weighted by Gasteiger charge is 2.32. The van der Waals surface area contributed by atoms with Crippen molar-refractivity contribution in [1.82, 2.24) is 9.88 Å². The van der Waals surface area contributed by atoms with Gasteiger partial charge in [-0.15, -0.1) is 0 Å². The lowest BCUT2D eigenvalue weighted by Gasteiger charge is -2.32. The Morgan fingerprint density at radius 2 is 1.87 bits per heavy atom. The fourth-order valence-corrected chi connectivity index (χ4v) is 3.95. The molecule has 2 unspecified atom stereocenters. The number of aromatic amines is 1. The summed E-state index contributed by atoms with van der Waals surface area (Å²) in [4.78, 5) is 42.9. The molecule has 0 bridgehead atoms. The van der Waals surface area contributed by atoms with Crippen molar-refractivity contribution in [2.24, 2.45) is 5.92 Å². The Morgan fingerprint density at radius 1 is 1.13 bits per heavy atom. The largest absolute Gasteiger partial charge is 0.454 e. The summed E-state index contributed by atoms with van der Waals surface area (Å²) >= 11 is 0. The van der Waals surface area contributed by atoms with Gasteiger partial charge in [-0.25, -0.2) is 4.39 Å². The van der Waals surface area contributed by atoms with Gasteiger partial charge in [-0.3, -0.25) is 14.4 Å². The third kappa shape index (κ3) is 4.35. The molecule has 2 heterocycles. The molecule has 1 amide bonds. The van der Waals surface area contributed by atoms with Crippen molar-refractivity contribution in [1.29, 1.82) is 0 Å². The fourth-order valence-electron chi connectivity index (χ4n) is 3.95. The number of hydrogen-bond donors (Lipinski definition) is 1. The van der Waals surface area contributed by atoms with Crippen LogP contribution in [0, 0.1) is 11.7 Å². The summed E-state index contributed by atoms with van der Waals surface area (Å²) in [6.45, 7) is 2.29. The average Bonchev–Trinajstić information content (AvgIpc) is 3.22. The number of rotatable bonds is 5. The first-order chi connectivity index (χ1) is 14.9. The molecule has 1 N–H and O–H groups in total. The van der Waals surface area contributed by atoms with Crippen LogP contribution in [0.15, 0.2) is 54.7 Å². The van der Waals surface area contributed by atoms with Crippen LogP contribution in [0.2, 0.25) is 0 Å². The van der Waals surface area contributed by atoms with Crippen molar-refractivity contribution < 1.29 is 23.5 Å². The van der Waals surface area contributed by atoms with Gasteiger partial charge in [-0.2, -0.15) is 0 Å². The molecule has 1 aliphatic rings. The monoisotopic (exact) mass is 422 g/mol. The number of halogens is 1. The Hall–Kier alpha value is -3.48. The molecule has 7 heteroatoms. The number of likely N-dealkylation sites (tertiary alicyclic amines) is 1. The summed E-state index contributed by atoms with van der Waals surface area (Å²) in [7, 11) is 0. The number of piperidine rings is 1. The maximum atomic E-state index is 13.1. The predicted molar refractivity (Wildman–Crippen MR) is 113 cm³/mol. The fraction of sp³-hybridized carbons (Fsp3) is 0.292. The molecule has 0 spiro atoms. The van der Waals surface area contributed by atoms with Crippen LogP contribution in [-0.4, -0.2) is 46.7 Å². The molecule has 3 aromatic rings. The first-order valence-corrected chi connectivity index (χ1v) is 10.3. The van der Waals surface area contributed by atoms with Gasteiger partial charge in [-0.1, -0.05) is 18.2 Å². The Balaban J connectivity index is 1.40. The molecule has 2 aromatic carbocycles. The zero-order chi connectivity index (χ0) is 22.0. The summed E-state index contributed by atoms with van der Waals surface area (Å²) in [5, 5.41) is 0.782. The van der Waals surface area contributed by atoms with Gasteiger partial charge in [-0.05, 0) is 50.1 Å². The minimum absolute atomic E-state index is 0.211. The number of ketones is 1. The van der Waals surface area contributed by atoms with Crippen molar-refractivity contribution in [3.05, 3.63) is 71.7 Å². The van der Waals surface area contributed by atoms with E-state index in [1.54, 1.807) is 18.0 Å². The molecule has 6 nitrogen and oxygen atoms in total. The molecule has 1 aliphatic heterocycles. The molecule has 0 radical (unpaired) electrons. The van der Waals surface area contributed by atoms with Gasteiger partial charge in [0.1, 0.15) is 5.82 Å². The summed E-state index contributed by atoms with van der Waals surface area (Å²) in [5.41, 5.74) is 1.69. The van der Waals surface area contributed by atoms with E-state index >= 15 is 0 Å². The quantitative estimate of drug-likeness (QED) is 0.498. The Morgan fingerprint density at radius 3 is 2.65 bits per heavy atom. The SMILES string of the molecule is CC(OC(=O)C1CCCN(C(=O)c2ccc(F)cc2)C1)C(=O)c1c[nH]c2ccccc12. The number of carbonyl (C=O) groups is 3. The molecule has 1 saturated heterocycles. The van der Waals surface area contributed by atoms with Crippen LogP contribution in [0.5, 0.6) is 0 Å². The topological polar surface area (TPSA) is 79.5 Å². The Kier molecular flexibility index (Phi) is 5.84. The Bertz CT molecular complexity index is 1120. The molecular weight excluding hydrogens is 399 g/mol. The van der Waals surface area contributed by atoms with E-state index in [2.05, 4.69) is 4.98 Å². The smallest absolute Gasteiger partial charge is 0.311 e. The van der Waals surface area contributed by atoms with Gasteiger partial charge in [0.05, 0.1) is 5.92 Å². The zero-order valence-electron chi connectivity index (χ0n) is 17.1. The number of ether oxygens (including phenoxy) is 1. The highest BCUT2D eigenvalue weighted by molar-refractivity contribution is 6.10. The number of aromatic nitrogens is 1. The van der Waals surface area contributed by atoms with Crippen LogP contribution >= 0.6 is 0 Å². The number of hydrogen-bond acceptors (Lipinski definition) is 4. The lowest BCUT2D eigenvalue weighted by molar-refractivity contribution is -0.152. The van der Waals surface area contributed by atoms with E-state index in [1.807, 2.05) is 24.3 Å². The zero-order valence-corrected chi connectivity index (χ0v) is 17.1. The number of nitrogens with one attached hydrogen (secondary N) is 1. The van der Waals surface area contributed by atoms with Crippen LogP contribution < -0.4 is 0 Å². The van der Waals surface area contributed by atoms with E-state index < -0.39 is 23.8 Å². The van der Waals surface area contributed by atoms with Crippen LogP contribution in [0.25, 0.3) is 10.9 Å². The van der Waals surface area contributed by atoms with Gasteiger partial charge in [0.15, 0.2) is 6.10 Å². The van der Waals surface area contributed by atoms with Gasteiger partial charge in [0, 0.05) is 41.3 Å². The Labute approximate surface area is 179 Å². The number of nitrogens with zero attached hydrogens (tertiary/aromatic N) is 1. The van der Waals surface area contributed by atoms with E-state index in [-0.39, 0.29) is 18.2 Å². The maximum Gasteiger partial charge on any atom is 0.311 e. The van der Waals surface area contributed by atoms with E-state index in [9.17, 15) is 18.8 Å². The van der Waals surface area contributed by atoms with Crippen molar-refractivity contribution >= 4 is 28.6 Å². The van der Waals surface area contributed by atoms with Crippen LogP contribution in [0.4, 0.5) is 4.39 Å². The minimum Gasteiger partial charge on any atom is -0.454 e. The third-order valence-corrected chi connectivity index (χ3v) is 5.65. The molecule has 31 heavy (non-hydrogen) atoms. The summed E-state index contributed by atoms with van der Waals surface area (Å²) in [6.07, 6.45) is 1.92. The van der Waals surface area contributed by atoms with Crippen LogP contribution in [0.1, 0.15) is 40.5 Å². The number of benzene rings is 2. The van der Waals surface area contributed by atoms with Gasteiger partial charge >= 0.3 is 5.97 Å². The van der Waals surface area contributed by atoms with Crippen LogP contribution in [-0.2, 0) is 9.53 Å². The molecule has 4 rings (SSSR count). The first kappa shape index (κ1) is 20.8. The highest BCUT2D eigenvalue weighted by atomic mass is 19.1.